The van der Waals surface area contributed by atoms with Crippen LogP contribution in [0.3, 0.4) is 0 Å². The maximum Gasteiger partial charge on any atom is 0.152 e. The van der Waals surface area contributed by atoms with E-state index in [1.165, 1.54) is 5.56 Å². The fourth-order valence-electron chi connectivity index (χ4n) is 1.35. The first-order chi connectivity index (χ1) is 6.31. The van der Waals surface area contributed by atoms with E-state index in [1.807, 2.05) is 12.1 Å². The van der Waals surface area contributed by atoms with Gasteiger partial charge in [0.25, 0.3) is 0 Å². The topological polar surface area (TPSA) is 13.1 Å². The van der Waals surface area contributed by atoms with Crippen molar-refractivity contribution in [3.63, 3.8) is 0 Å². The summed E-state index contributed by atoms with van der Waals surface area (Å²) in [5.41, 5.74) is 2.01. The first-order valence-electron chi connectivity index (χ1n) is 4.03. The highest BCUT2D eigenvalue weighted by Gasteiger charge is 2.04. The molecule has 0 unspecified atom stereocenters. The number of benzene rings is 1. The minimum absolute atomic E-state index is 0.693. The van der Waals surface area contributed by atoms with Crippen LogP contribution in [0.25, 0.3) is 11.0 Å². The molecule has 1 nitrogen and oxygen atoms in total. The number of hydrogen-bond donors (Lipinski definition) is 0. The van der Waals surface area contributed by atoms with E-state index >= 15 is 0 Å². The van der Waals surface area contributed by atoms with Gasteiger partial charge in [0.15, 0.2) is 5.58 Å². The van der Waals surface area contributed by atoms with Gasteiger partial charge in [-0.1, -0.05) is 27.5 Å². The van der Waals surface area contributed by atoms with Crippen LogP contribution < -0.4 is 0 Å². The number of rotatable bonds is 2. The van der Waals surface area contributed by atoms with Gasteiger partial charge in [-0.3, -0.25) is 0 Å². The van der Waals surface area contributed by atoms with Crippen molar-refractivity contribution in [2.24, 2.45) is 0 Å². The molecule has 0 radical (unpaired) electrons. The lowest BCUT2D eigenvalue weighted by Gasteiger charge is -1.99. The Balaban J connectivity index is 2.56. The Labute approximate surface area is 89.8 Å². The third kappa shape index (κ3) is 1.74. The van der Waals surface area contributed by atoms with Crippen LogP contribution in [0.5, 0.6) is 0 Å². The molecule has 0 spiro atoms. The number of fused-ring (bicyclic) bond motifs is 1. The van der Waals surface area contributed by atoms with Crippen molar-refractivity contribution in [2.75, 3.05) is 5.33 Å². The number of aryl methyl sites for hydroxylation is 1. The van der Waals surface area contributed by atoms with Gasteiger partial charge in [-0.05, 0) is 30.2 Å². The van der Waals surface area contributed by atoms with Crippen molar-refractivity contribution >= 4 is 38.5 Å². The molecule has 0 N–H and O–H groups in total. The fourth-order valence-corrected chi connectivity index (χ4v) is 2.10. The molecular formula is C10H8BrClO. The first-order valence-corrected chi connectivity index (χ1v) is 5.53. The van der Waals surface area contributed by atoms with E-state index in [2.05, 4.69) is 22.0 Å². The fraction of sp³-hybridized carbons (Fsp3) is 0.200. The molecule has 1 aromatic carbocycles. The highest BCUT2D eigenvalue weighted by atomic mass is 79.9. The lowest BCUT2D eigenvalue weighted by molar-refractivity contribution is 0.616. The minimum atomic E-state index is 0.693. The van der Waals surface area contributed by atoms with Gasteiger partial charge < -0.3 is 4.42 Å². The molecule has 0 aliphatic carbocycles. The van der Waals surface area contributed by atoms with Crippen LogP contribution in [-0.2, 0) is 6.42 Å². The van der Waals surface area contributed by atoms with Gasteiger partial charge in [0, 0.05) is 10.7 Å². The predicted octanol–water partition coefficient (Wildman–Crippen LogP) is 4.02. The maximum absolute atomic E-state index is 6.03. The average molecular weight is 260 g/mol. The minimum Gasteiger partial charge on any atom is -0.463 e. The van der Waals surface area contributed by atoms with E-state index < -0.39 is 0 Å². The molecular weight excluding hydrogens is 251 g/mol. The molecule has 0 fully saturated rings. The normalized spacial score (nSPS) is 10.9. The number of alkyl halides is 1. The van der Waals surface area contributed by atoms with E-state index in [0.717, 1.165) is 22.7 Å². The molecule has 2 aromatic rings. The summed E-state index contributed by atoms with van der Waals surface area (Å²) in [6, 6.07) is 5.99. The smallest absolute Gasteiger partial charge is 0.152 e. The SMILES string of the molecule is Clc1cc(CCBr)cc2ccoc12. The summed E-state index contributed by atoms with van der Waals surface area (Å²) in [7, 11) is 0. The van der Waals surface area contributed by atoms with Gasteiger partial charge in [-0.15, -0.1) is 0 Å². The van der Waals surface area contributed by atoms with Crippen molar-refractivity contribution in [1.82, 2.24) is 0 Å². The molecule has 0 aliphatic rings. The van der Waals surface area contributed by atoms with E-state index in [0.29, 0.717) is 5.02 Å². The van der Waals surface area contributed by atoms with Gasteiger partial charge in [-0.25, -0.2) is 0 Å². The van der Waals surface area contributed by atoms with Crippen LogP contribution in [0.15, 0.2) is 28.9 Å². The Morgan fingerprint density at radius 1 is 1.38 bits per heavy atom. The Kier molecular flexibility index (Phi) is 2.61. The van der Waals surface area contributed by atoms with E-state index in [4.69, 9.17) is 16.0 Å². The average Bonchev–Trinajstić information content (AvgIpc) is 2.53. The molecule has 13 heavy (non-hydrogen) atoms. The summed E-state index contributed by atoms with van der Waals surface area (Å²) < 4.78 is 5.24. The second kappa shape index (κ2) is 3.72. The highest BCUT2D eigenvalue weighted by Crippen LogP contribution is 2.26. The molecule has 0 saturated heterocycles. The lowest BCUT2D eigenvalue weighted by atomic mass is 10.1. The molecule has 1 aromatic heterocycles. The zero-order valence-electron chi connectivity index (χ0n) is 6.89. The number of hydrogen-bond acceptors (Lipinski definition) is 1. The third-order valence-electron chi connectivity index (χ3n) is 1.95. The lowest BCUT2D eigenvalue weighted by Crippen LogP contribution is -1.85. The van der Waals surface area contributed by atoms with Gasteiger partial charge >= 0.3 is 0 Å². The van der Waals surface area contributed by atoms with Gasteiger partial charge in [0.1, 0.15) is 0 Å². The second-order valence-electron chi connectivity index (χ2n) is 2.86. The predicted molar refractivity (Wildman–Crippen MR) is 58.7 cm³/mol. The Hall–Kier alpha value is -0.470. The summed E-state index contributed by atoms with van der Waals surface area (Å²) in [6.45, 7) is 0. The molecule has 0 atom stereocenters. The molecule has 2 rings (SSSR count). The second-order valence-corrected chi connectivity index (χ2v) is 4.06. The molecule has 0 amide bonds. The van der Waals surface area contributed by atoms with Crippen molar-refractivity contribution in [1.29, 1.82) is 0 Å². The van der Waals surface area contributed by atoms with Crippen LogP contribution >= 0.6 is 27.5 Å². The standard InChI is InChI=1S/C10H8BrClO/c11-3-1-7-5-8-2-4-13-10(8)9(12)6-7/h2,4-6H,1,3H2. The summed E-state index contributed by atoms with van der Waals surface area (Å²) in [6.07, 6.45) is 2.65. The summed E-state index contributed by atoms with van der Waals surface area (Å²) in [5.74, 6) is 0. The zero-order valence-corrected chi connectivity index (χ0v) is 9.23. The van der Waals surface area contributed by atoms with Gasteiger partial charge in [0.2, 0.25) is 0 Å². The van der Waals surface area contributed by atoms with Crippen LogP contribution in [0.1, 0.15) is 5.56 Å². The van der Waals surface area contributed by atoms with Crippen molar-refractivity contribution < 1.29 is 4.42 Å². The molecule has 1 heterocycles. The molecule has 0 saturated carbocycles. The van der Waals surface area contributed by atoms with E-state index in [-0.39, 0.29) is 0 Å². The van der Waals surface area contributed by atoms with E-state index in [1.54, 1.807) is 6.26 Å². The quantitative estimate of drug-likeness (QED) is 0.742. The van der Waals surface area contributed by atoms with Gasteiger partial charge in [0.05, 0.1) is 11.3 Å². The van der Waals surface area contributed by atoms with E-state index in [9.17, 15) is 0 Å². The molecule has 0 bridgehead atoms. The Bertz CT molecular complexity index is 422. The number of halogens is 2. The summed E-state index contributed by atoms with van der Waals surface area (Å²) in [5, 5.41) is 2.72. The zero-order chi connectivity index (χ0) is 9.26. The Morgan fingerprint density at radius 3 is 3.00 bits per heavy atom. The van der Waals surface area contributed by atoms with Crippen molar-refractivity contribution in [2.45, 2.75) is 6.42 Å². The van der Waals surface area contributed by atoms with Crippen molar-refractivity contribution in [3.8, 4) is 0 Å². The molecule has 3 heteroatoms. The van der Waals surface area contributed by atoms with Gasteiger partial charge in [-0.2, -0.15) is 0 Å². The van der Waals surface area contributed by atoms with Crippen LogP contribution in [-0.4, -0.2) is 5.33 Å². The largest absolute Gasteiger partial charge is 0.463 e. The highest BCUT2D eigenvalue weighted by molar-refractivity contribution is 9.09. The third-order valence-corrected chi connectivity index (χ3v) is 2.63. The summed E-state index contributed by atoms with van der Waals surface area (Å²) in [4.78, 5) is 0. The number of furan rings is 1. The van der Waals surface area contributed by atoms with Crippen molar-refractivity contribution in [3.05, 3.63) is 35.0 Å². The van der Waals surface area contributed by atoms with Crippen LogP contribution in [0.2, 0.25) is 5.02 Å². The maximum atomic E-state index is 6.03. The monoisotopic (exact) mass is 258 g/mol. The summed E-state index contributed by atoms with van der Waals surface area (Å²) >= 11 is 9.43. The van der Waals surface area contributed by atoms with Crippen LogP contribution in [0.4, 0.5) is 0 Å². The molecule has 68 valence electrons. The van der Waals surface area contributed by atoms with Crippen LogP contribution in [0, 0.1) is 0 Å². The Morgan fingerprint density at radius 2 is 2.23 bits per heavy atom. The molecule has 0 aliphatic heterocycles. The first kappa shape index (κ1) is 9.10.